The van der Waals surface area contributed by atoms with Gasteiger partial charge in [-0.15, -0.1) is 0 Å². The lowest BCUT2D eigenvalue weighted by molar-refractivity contribution is -0.383. The van der Waals surface area contributed by atoms with Crippen LogP contribution in [0.25, 0.3) is 11.0 Å². The Morgan fingerprint density at radius 1 is 1.04 bits per heavy atom. The number of aryl methyl sites for hydroxylation is 1. The molecule has 1 saturated heterocycles. The quantitative estimate of drug-likeness (QED) is 0.528. The van der Waals surface area contributed by atoms with Crippen molar-refractivity contribution in [3.8, 4) is 0 Å². The lowest BCUT2D eigenvalue weighted by atomic mass is 10.2. The van der Waals surface area contributed by atoms with E-state index in [4.69, 9.17) is 4.63 Å². The van der Waals surface area contributed by atoms with Gasteiger partial charge < -0.3 is 9.80 Å². The van der Waals surface area contributed by atoms with Crippen LogP contribution in [0, 0.1) is 17.0 Å². The molecule has 0 spiro atoms. The molecule has 0 aliphatic carbocycles. The number of pyridine rings is 1. The highest BCUT2D eigenvalue weighted by Gasteiger charge is 2.25. The molecule has 2 aromatic heterocycles. The Morgan fingerprint density at radius 2 is 1.76 bits per heavy atom. The Hall–Kier alpha value is -3.23. The van der Waals surface area contributed by atoms with Gasteiger partial charge in [0.25, 0.3) is 0 Å². The number of nitrogens with zero attached hydrogens (tertiary/aromatic N) is 6. The molecule has 4 rings (SSSR count). The zero-order valence-electron chi connectivity index (χ0n) is 13.6. The van der Waals surface area contributed by atoms with E-state index in [-0.39, 0.29) is 11.2 Å². The fourth-order valence-corrected chi connectivity index (χ4v) is 3.12. The predicted molar refractivity (Wildman–Crippen MR) is 91.9 cm³/mol. The molecule has 9 heteroatoms. The molecule has 0 amide bonds. The van der Waals surface area contributed by atoms with E-state index in [0.717, 1.165) is 43.4 Å². The Bertz CT molecular complexity index is 933. The predicted octanol–water partition coefficient (Wildman–Crippen LogP) is 2.16. The third kappa shape index (κ3) is 2.73. The van der Waals surface area contributed by atoms with Crippen LogP contribution in [0.15, 0.2) is 35.0 Å². The zero-order chi connectivity index (χ0) is 17.4. The molecule has 3 aromatic rings. The molecule has 0 bridgehead atoms. The lowest BCUT2D eigenvalue weighted by Crippen LogP contribution is -2.47. The molecule has 0 N–H and O–H groups in total. The van der Waals surface area contributed by atoms with Crippen LogP contribution >= 0.6 is 0 Å². The van der Waals surface area contributed by atoms with E-state index >= 15 is 0 Å². The van der Waals surface area contributed by atoms with Gasteiger partial charge in [-0.2, -0.15) is 0 Å². The Morgan fingerprint density at radius 3 is 2.48 bits per heavy atom. The van der Waals surface area contributed by atoms with Crippen LogP contribution in [-0.4, -0.2) is 46.4 Å². The maximum absolute atomic E-state index is 11.1. The number of rotatable bonds is 3. The van der Waals surface area contributed by atoms with Gasteiger partial charge in [0.05, 0.1) is 10.6 Å². The van der Waals surface area contributed by atoms with Crippen molar-refractivity contribution in [3.05, 3.63) is 46.1 Å². The molecule has 0 saturated carbocycles. The number of benzene rings is 1. The molecule has 0 radical (unpaired) electrons. The summed E-state index contributed by atoms with van der Waals surface area (Å²) in [5, 5.41) is 18.7. The average Bonchev–Trinajstić information content (AvgIpc) is 3.10. The summed E-state index contributed by atoms with van der Waals surface area (Å²) in [5.41, 5.74) is 2.31. The molecule has 0 unspecified atom stereocenters. The Kier molecular flexibility index (Phi) is 3.68. The minimum Gasteiger partial charge on any atom is -0.366 e. The van der Waals surface area contributed by atoms with Gasteiger partial charge >= 0.3 is 5.69 Å². The standard InChI is InChI=1S/C16H16N6O3/c1-11-3-2-4-14(17-11)21-9-7-20(8-10-21)12-5-6-13(22(23)24)16-15(12)18-25-19-16/h2-6H,7-10H2,1H3. The van der Waals surface area contributed by atoms with Crippen molar-refractivity contribution in [3.63, 3.8) is 0 Å². The number of aromatic nitrogens is 3. The number of hydrogen-bond acceptors (Lipinski definition) is 8. The number of non-ortho nitro benzene ring substituents is 1. The van der Waals surface area contributed by atoms with E-state index < -0.39 is 4.92 Å². The van der Waals surface area contributed by atoms with Gasteiger partial charge in [-0.1, -0.05) is 6.07 Å². The molecule has 1 aromatic carbocycles. The van der Waals surface area contributed by atoms with Crippen LogP contribution in [0.1, 0.15) is 5.69 Å². The van der Waals surface area contributed by atoms with E-state index in [1.54, 1.807) is 6.07 Å². The average molecular weight is 340 g/mol. The summed E-state index contributed by atoms with van der Waals surface area (Å²) >= 11 is 0. The molecule has 1 aliphatic heterocycles. The van der Waals surface area contributed by atoms with Gasteiger partial charge in [-0.05, 0) is 35.4 Å². The van der Waals surface area contributed by atoms with Crippen LogP contribution in [0.4, 0.5) is 17.2 Å². The first-order valence-electron chi connectivity index (χ1n) is 7.97. The first-order chi connectivity index (χ1) is 12.1. The summed E-state index contributed by atoms with van der Waals surface area (Å²) in [6.45, 7) is 5.11. The minimum atomic E-state index is -0.475. The van der Waals surface area contributed by atoms with Crippen molar-refractivity contribution in [2.24, 2.45) is 0 Å². The van der Waals surface area contributed by atoms with Crippen molar-refractivity contribution in [2.75, 3.05) is 36.0 Å². The van der Waals surface area contributed by atoms with Crippen LogP contribution in [0.2, 0.25) is 0 Å². The highest BCUT2D eigenvalue weighted by molar-refractivity contribution is 5.93. The summed E-state index contributed by atoms with van der Waals surface area (Å²) in [4.78, 5) is 19.6. The van der Waals surface area contributed by atoms with E-state index in [1.807, 2.05) is 25.1 Å². The Balaban J connectivity index is 1.57. The maximum Gasteiger partial charge on any atom is 0.300 e. The first-order valence-corrected chi connectivity index (χ1v) is 7.97. The van der Waals surface area contributed by atoms with E-state index in [1.165, 1.54) is 6.07 Å². The zero-order valence-corrected chi connectivity index (χ0v) is 13.6. The summed E-state index contributed by atoms with van der Waals surface area (Å²) in [5.74, 6) is 0.969. The largest absolute Gasteiger partial charge is 0.366 e. The van der Waals surface area contributed by atoms with Gasteiger partial charge in [0.2, 0.25) is 5.52 Å². The third-order valence-corrected chi connectivity index (χ3v) is 4.39. The van der Waals surface area contributed by atoms with Crippen LogP contribution in [-0.2, 0) is 0 Å². The van der Waals surface area contributed by atoms with Crippen molar-refractivity contribution in [1.29, 1.82) is 0 Å². The van der Waals surface area contributed by atoms with E-state index in [2.05, 4.69) is 25.1 Å². The third-order valence-electron chi connectivity index (χ3n) is 4.39. The summed E-state index contributed by atoms with van der Waals surface area (Å²) in [7, 11) is 0. The van der Waals surface area contributed by atoms with Crippen molar-refractivity contribution >= 4 is 28.2 Å². The number of hydrogen-bond donors (Lipinski definition) is 0. The number of nitro benzene ring substituents is 1. The fraction of sp³-hybridized carbons (Fsp3) is 0.312. The van der Waals surface area contributed by atoms with Crippen molar-refractivity contribution < 1.29 is 9.55 Å². The highest BCUT2D eigenvalue weighted by Crippen LogP contribution is 2.31. The number of piperazine rings is 1. The van der Waals surface area contributed by atoms with E-state index in [0.29, 0.717) is 5.52 Å². The second kappa shape index (κ2) is 6.00. The topological polar surface area (TPSA) is 101 Å². The van der Waals surface area contributed by atoms with E-state index in [9.17, 15) is 10.1 Å². The summed E-state index contributed by atoms with van der Waals surface area (Å²) in [6, 6.07) is 9.16. The fourth-order valence-electron chi connectivity index (χ4n) is 3.12. The summed E-state index contributed by atoms with van der Waals surface area (Å²) < 4.78 is 4.74. The van der Waals surface area contributed by atoms with Gasteiger partial charge in [-0.25, -0.2) is 9.61 Å². The summed E-state index contributed by atoms with van der Waals surface area (Å²) in [6.07, 6.45) is 0. The molecular formula is C16H16N6O3. The maximum atomic E-state index is 11.1. The molecule has 3 heterocycles. The second-order valence-corrected chi connectivity index (χ2v) is 5.93. The van der Waals surface area contributed by atoms with Gasteiger partial charge in [-0.3, -0.25) is 10.1 Å². The number of anilines is 2. The van der Waals surface area contributed by atoms with Gasteiger partial charge in [0.15, 0.2) is 5.52 Å². The molecule has 128 valence electrons. The van der Waals surface area contributed by atoms with Gasteiger partial charge in [0, 0.05) is 37.9 Å². The minimum absolute atomic E-state index is 0.0948. The van der Waals surface area contributed by atoms with Crippen molar-refractivity contribution in [1.82, 2.24) is 15.3 Å². The molecule has 1 fully saturated rings. The van der Waals surface area contributed by atoms with Crippen molar-refractivity contribution in [2.45, 2.75) is 6.92 Å². The number of fused-ring (bicyclic) bond motifs is 1. The molecule has 25 heavy (non-hydrogen) atoms. The normalized spacial score (nSPS) is 14.9. The second-order valence-electron chi connectivity index (χ2n) is 5.93. The number of nitro groups is 1. The van der Waals surface area contributed by atoms with Gasteiger partial charge in [0.1, 0.15) is 5.82 Å². The SMILES string of the molecule is Cc1cccc(N2CCN(c3ccc([N+](=O)[O-])c4nonc34)CC2)n1. The van der Waals surface area contributed by atoms with Crippen LogP contribution < -0.4 is 9.80 Å². The molecule has 1 aliphatic rings. The molecule has 0 atom stereocenters. The Labute approximate surface area is 143 Å². The molecule has 9 nitrogen and oxygen atoms in total. The molecular weight excluding hydrogens is 324 g/mol. The monoisotopic (exact) mass is 340 g/mol. The lowest BCUT2D eigenvalue weighted by Gasteiger charge is -2.36. The highest BCUT2D eigenvalue weighted by atomic mass is 16.6. The van der Waals surface area contributed by atoms with Crippen LogP contribution in [0.3, 0.4) is 0 Å². The van der Waals surface area contributed by atoms with Crippen LogP contribution in [0.5, 0.6) is 0 Å². The first kappa shape index (κ1) is 15.3. The smallest absolute Gasteiger partial charge is 0.300 e.